The van der Waals surface area contributed by atoms with Gasteiger partial charge < -0.3 is 14.4 Å². The number of pyridine rings is 2. The van der Waals surface area contributed by atoms with Gasteiger partial charge in [-0.25, -0.2) is 0 Å². The van der Waals surface area contributed by atoms with Crippen LogP contribution in [0.4, 0.5) is 0 Å². The van der Waals surface area contributed by atoms with E-state index in [1.54, 1.807) is 6.20 Å². The van der Waals surface area contributed by atoms with Crippen LogP contribution in [-0.2, 0) is 20.1 Å². The monoisotopic (exact) mass is 619 g/mol. The van der Waals surface area contributed by atoms with E-state index in [1.165, 1.54) is 11.1 Å². The Morgan fingerprint density at radius 2 is 1.53 bits per heavy atom. The predicted molar refractivity (Wildman–Crippen MR) is 134 cm³/mol. The van der Waals surface area contributed by atoms with Gasteiger partial charge in [0, 0.05) is 37.9 Å². The molecule has 0 aliphatic heterocycles. The molecule has 4 heteroatoms. The maximum absolute atomic E-state index is 5.97. The van der Waals surface area contributed by atoms with Crippen molar-refractivity contribution >= 4 is 21.9 Å². The van der Waals surface area contributed by atoms with Crippen LogP contribution in [0.2, 0.25) is 0 Å². The summed E-state index contributed by atoms with van der Waals surface area (Å²) in [6.07, 6.45) is 3.69. The smallest absolute Gasteiger partial charge is 0.120 e. The molecular weight excluding hydrogens is 597 g/mol. The summed E-state index contributed by atoms with van der Waals surface area (Å²) in [6, 6.07) is 34.3. The van der Waals surface area contributed by atoms with Gasteiger partial charge in [0.15, 0.2) is 0 Å². The molecule has 0 spiro atoms. The predicted octanol–water partition coefficient (Wildman–Crippen LogP) is 7.61. The van der Waals surface area contributed by atoms with Crippen LogP contribution in [0, 0.1) is 26.0 Å². The fourth-order valence-electron chi connectivity index (χ4n) is 3.72. The number of rotatable bonds is 2. The molecule has 0 bridgehead atoms. The molecule has 0 fully saturated rings. The molecule has 169 valence electrons. The molecule has 34 heavy (non-hydrogen) atoms. The zero-order valence-corrected chi connectivity index (χ0v) is 21.3. The molecule has 6 rings (SSSR count). The van der Waals surface area contributed by atoms with Gasteiger partial charge in [0.05, 0.1) is 5.58 Å². The number of benzene rings is 3. The zero-order chi connectivity index (χ0) is 22.6. The van der Waals surface area contributed by atoms with Crippen LogP contribution in [0.3, 0.4) is 0 Å². The van der Waals surface area contributed by atoms with Crippen molar-refractivity contribution in [3.8, 4) is 22.5 Å². The molecule has 6 aromatic rings. The molecule has 0 atom stereocenters. The van der Waals surface area contributed by atoms with Gasteiger partial charge >= 0.3 is 0 Å². The average molecular weight is 619 g/mol. The molecule has 0 saturated carbocycles. The number of hydrogen-bond acceptors (Lipinski definition) is 3. The van der Waals surface area contributed by atoms with E-state index in [0.29, 0.717) is 0 Å². The molecule has 0 amide bonds. The van der Waals surface area contributed by atoms with Crippen LogP contribution < -0.4 is 0 Å². The van der Waals surface area contributed by atoms with E-state index < -0.39 is 0 Å². The molecule has 0 saturated heterocycles. The Kier molecular flexibility index (Phi) is 7.32. The van der Waals surface area contributed by atoms with Gasteiger partial charge in [-0.3, -0.25) is 0 Å². The Morgan fingerprint density at radius 3 is 2.29 bits per heavy atom. The van der Waals surface area contributed by atoms with Gasteiger partial charge in [-0.15, -0.1) is 54.1 Å². The first-order chi connectivity index (χ1) is 16.2. The van der Waals surface area contributed by atoms with Crippen molar-refractivity contribution in [3.05, 3.63) is 121 Å². The Bertz CT molecular complexity index is 1530. The summed E-state index contributed by atoms with van der Waals surface area (Å²) in [7, 11) is 0. The number of hydrogen-bond donors (Lipinski definition) is 0. The molecule has 0 aliphatic rings. The van der Waals surface area contributed by atoms with Crippen LogP contribution in [0.5, 0.6) is 0 Å². The maximum atomic E-state index is 5.97. The summed E-state index contributed by atoms with van der Waals surface area (Å²) in [5.41, 5.74) is 8.08. The SMILES string of the molecule is Cc1cnc(-c2[c-]cccc2)cc1C.[Ir].[c-]1ccc2c(oc3ccccc32)c1-c1ccccn1. The van der Waals surface area contributed by atoms with E-state index in [9.17, 15) is 0 Å². The fourth-order valence-corrected chi connectivity index (χ4v) is 3.72. The minimum absolute atomic E-state index is 0. The van der Waals surface area contributed by atoms with Crippen molar-refractivity contribution in [2.75, 3.05) is 0 Å². The standard InChI is InChI=1S/C17H10NO.C13H12N.Ir/c1-2-10-16-12(6-1)13-7-5-8-14(17(13)19-16)15-9-3-4-11-18-15;1-10-8-13(14-9-11(10)2)12-6-4-3-5-7-12;/h1-7,9-11H;3-6,8-9H,1-2H3;/q2*-1;. The van der Waals surface area contributed by atoms with Crippen LogP contribution in [0.15, 0.2) is 102 Å². The first-order valence-electron chi connectivity index (χ1n) is 10.8. The number of nitrogens with zero attached hydrogens (tertiary/aromatic N) is 2. The summed E-state index contributed by atoms with van der Waals surface area (Å²) in [6.45, 7) is 4.17. The van der Waals surface area contributed by atoms with E-state index in [0.717, 1.165) is 44.5 Å². The topological polar surface area (TPSA) is 38.9 Å². The normalized spacial score (nSPS) is 10.4. The van der Waals surface area contributed by atoms with Gasteiger partial charge in [0.2, 0.25) is 0 Å². The minimum Gasteiger partial charge on any atom is -0.501 e. The number of furan rings is 1. The first kappa shape index (κ1) is 23.6. The molecule has 3 heterocycles. The van der Waals surface area contributed by atoms with E-state index in [2.05, 4.69) is 48.1 Å². The van der Waals surface area contributed by atoms with Gasteiger partial charge in [0.1, 0.15) is 5.58 Å². The van der Waals surface area contributed by atoms with Crippen LogP contribution in [0.1, 0.15) is 11.1 Å². The van der Waals surface area contributed by atoms with E-state index in [4.69, 9.17) is 4.42 Å². The minimum atomic E-state index is 0. The summed E-state index contributed by atoms with van der Waals surface area (Å²) in [5.74, 6) is 0. The summed E-state index contributed by atoms with van der Waals surface area (Å²) < 4.78 is 5.97. The molecule has 0 aliphatic carbocycles. The van der Waals surface area contributed by atoms with Gasteiger partial charge in [-0.2, -0.15) is 0 Å². The summed E-state index contributed by atoms with van der Waals surface area (Å²) >= 11 is 0. The molecule has 0 N–H and O–H groups in total. The average Bonchev–Trinajstić information content (AvgIpc) is 3.26. The number of fused-ring (bicyclic) bond motifs is 3. The van der Waals surface area contributed by atoms with Crippen LogP contribution in [0.25, 0.3) is 44.5 Å². The zero-order valence-electron chi connectivity index (χ0n) is 18.9. The van der Waals surface area contributed by atoms with E-state index >= 15 is 0 Å². The Hall–Kier alpha value is -3.59. The largest absolute Gasteiger partial charge is 0.501 e. The second-order valence-electron chi connectivity index (χ2n) is 7.84. The van der Waals surface area contributed by atoms with Crippen molar-refractivity contribution in [3.63, 3.8) is 0 Å². The van der Waals surface area contributed by atoms with Crippen molar-refractivity contribution in [2.24, 2.45) is 0 Å². The van der Waals surface area contributed by atoms with Gasteiger partial charge in [-0.1, -0.05) is 52.9 Å². The van der Waals surface area contributed by atoms with Crippen molar-refractivity contribution in [1.82, 2.24) is 9.97 Å². The first-order valence-corrected chi connectivity index (χ1v) is 10.8. The third kappa shape index (κ3) is 4.84. The quantitative estimate of drug-likeness (QED) is 0.188. The maximum Gasteiger partial charge on any atom is 0.120 e. The second-order valence-corrected chi connectivity index (χ2v) is 7.84. The van der Waals surface area contributed by atoms with Crippen molar-refractivity contribution in [2.45, 2.75) is 13.8 Å². The van der Waals surface area contributed by atoms with E-state index in [1.807, 2.05) is 79.0 Å². The third-order valence-corrected chi connectivity index (χ3v) is 5.62. The van der Waals surface area contributed by atoms with Crippen LogP contribution in [-0.4, -0.2) is 9.97 Å². The Morgan fingerprint density at radius 1 is 0.706 bits per heavy atom. The molecule has 3 nitrogen and oxygen atoms in total. The second kappa shape index (κ2) is 10.6. The summed E-state index contributed by atoms with van der Waals surface area (Å²) in [5, 5.41) is 2.23. The number of aromatic nitrogens is 2. The Balaban J connectivity index is 0.000000164. The number of para-hydroxylation sites is 1. The van der Waals surface area contributed by atoms with Crippen molar-refractivity contribution < 1.29 is 24.5 Å². The number of aryl methyl sites for hydroxylation is 2. The van der Waals surface area contributed by atoms with E-state index in [-0.39, 0.29) is 20.1 Å². The van der Waals surface area contributed by atoms with Gasteiger partial charge in [0.25, 0.3) is 0 Å². The Labute approximate surface area is 212 Å². The molecule has 3 aromatic carbocycles. The molecule has 0 unspecified atom stereocenters. The summed E-state index contributed by atoms with van der Waals surface area (Å²) in [4.78, 5) is 8.76. The third-order valence-electron chi connectivity index (χ3n) is 5.62. The molecular formula is C30H22IrN2O-2. The fraction of sp³-hybridized carbons (Fsp3) is 0.0667. The van der Waals surface area contributed by atoms with Crippen LogP contribution >= 0.6 is 0 Å². The van der Waals surface area contributed by atoms with Gasteiger partial charge in [-0.05, 0) is 42.9 Å². The molecule has 3 aromatic heterocycles. The van der Waals surface area contributed by atoms with Crippen molar-refractivity contribution in [1.29, 1.82) is 0 Å². The molecule has 1 radical (unpaired) electrons.